The largest absolute Gasteiger partial charge is 0.494 e. The van der Waals surface area contributed by atoms with Gasteiger partial charge in [-0.25, -0.2) is 0 Å². The molecule has 0 spiro atoms. The predicted molar refractivity (Wildman–Crippen MR) is 106 cm³/mol. The zero-order valence-electron chi connectivity index (χ0n) is 15.0. The van der Waals surface area contributed by atoms with E-state index < -0.39 is 0 Å². The van der Waals surface area contributed by atoms with Crippen molar-refractivity contribution in [3.63, 3.8) is 0 Å². The molecule has 2 aromatic carbocycles. The number of halogens is 1. The lowest BCUT2D eigenvalue weighted by molar-refractivity contribution is -0.121. The molecular formula is C20H27ClN2O3. The van der Waals surface area contributed by atoms with Crippen LogP contribution in [0.25, 0.3) is 0 Å². The van der Waals surface area contributed by atoms with Crippen LogP contribution in [0.3, 0.4) is 0 Å². The summed E-state index contributed by atoms with van der Waals surface area (Å²) in [6, 6.07) is 17.0. The molecule has 2 rings (SSSR count). The zero-order chi connectivity index (χ0) is 17.9. The maximum atomic E-state index is 11.9. The number of carbonyl (C=O) groups excluding carboxylic acids is 1. The molecule has 6 heteroatoms. The molecule has 142 valence electrons. The fraction of sp³-hybridized carbons (Fsp3) is 0.350. The second-order valence-corrected chi connectivity index (χ2v) is 5.68. The molecule has 0 bridgehead atoms. The number of nitrogens with two attached hydrogens (primary N) is 1. The summed E-state index contributed by atoms with van der Waals surface area (Å²) < 4.78 is 11.0. The van der Waals surface area contributed by atoms with Gasteiger partial charge in [-0.15, -0.1) is 12.4 Å². The summed E-state index contributed by atoms with van der Waals surface area (Å²) >= 11 is 0. The standard InChI is InChI=1S/C20H26N2O3.ClH/c1-2-24-17-10-12-18(13-11-17)25-14-6-9-20(23)22-15-19(21)16-7-4-3-5-8-16;/h3-5,7-8,10-13,19H,2,6,9,14-15,21H2,1H3,(H,22,23);1H. The van der Waals surface area contributed by atoms with Crippen molar-refractivity contribution in [3.05, 3.63) is 60.2 Å². The van der Waals surface area contributed by atoms with Crippen molar-refractivity contribution < 1.29 is 14.3 Å². The molecule has 0 aliphatic heterocycles. The molecule has 0 aliphatic rings. The van der Waals surface area contributed by atoms with E-state index in [2.05, 4.69) is 5.32 Å². The van der Waals surface area contributed by atoms with Gasteiger partial charge in [0.2, 0.25) is 5.91 Å². The van der Waals surface area contributed by atoms with Gasteiger partial charge in [-0.05, 0) is 43.2 Å². The van der Waals surface area contributed by atoms with Gasteiger partial charge < -0.3 is 20.5 Å². The first kappa shape index (κ1) is 21.8. The highest BCUT2D eigenvalue weighted by molar-refractivity contribution is 5.85. The highest BCUT2D eigenvalue weighted by Crippen LogP contribution is 2.17. The molecule has 0 aromatic heterocycles. The number of hydrogen-bond acceptors (Lipinski definition) is 4. The van der Waals surface area contributed by atoms with Crippen molar-refractivity contribution in [2.75, 3.05) is 19.8 Å². The SMILES string of the molecule is CCOc1ccc(OCCCC(=O)NCC(N)c2ccccc2)cc1.Cl. The number of carbonyl (C=O) groups is 1. The summed E-state index contributed by atoms with van der Waals surface area (Å²) in [5.74, 6) is 1.58. The predicted octanol–water partition coefficient (Wildman–Crippen LogP) is 3.48. The molecule has 1 atom stereocenters. The van der Waals surface area contributed by atoms with Gasteiger partial charge in [-0.2, -0.15) is 0 Å². The fourth-order valence-electron chi connectivity index (χ4n) is 2.35. The molecule has 1 unspecified atom stereocenters. The third-order valence-electron chi connectivity index (χ3n) is 3.70. The average molecular weight is 379 g/mol. The van der Waals surface area contributed by atoms with E-state index in [1.54, 1.807) is 0 Å². The van der Waals surface area contributed by atoms with Crippen LogP contribution in [0.15, 0.2) is 54.6 Å². The van der Waals surface area contributed by atoms with Gasteiger partial charge in [0.1, 0.15) is 11.5 Å². The smallest absolute Gasteiger partial charge is 0.220 e. The first-order valence-electron chi connectivity index (χ1n) is 8.62. The number of ether oxygens (including phenoxy) is 2. The van der Waals surface area contributed by atoms with Crippen LogP contribution in [-0.4, -0.2) is 25.7 Å². The topological polar surface area (TPSA) is 73.6 Å². The first-order valence-corrected chi connectivity index (χ1v) is 8.62. The van der Waals surface area contributed by atoms with E-state index >= 15 is 0 Å². The Morgan fingerprint density at radius 2 is 1.65 bits per heavy atom. The van der Waals surface area contributed by atoms with Crippen molar-refractivity contribution in [1.82, 2.24) is 5.32 Å². The monoisotopic (exact) mass is 378 g/mol. The van der Waals surface area contributed by atoms with E-state index in [4.69, 9.17) is 15.2 Å². The Kier molecular flexibility index (Phi) is 10.2. The number of hydrogen-bond donors (Lipinski definition) is 2. The zero-order valence-corrected chi connectivity index (χ0v) is 15.8. The van der Waals surface area contributed by atoms with Crippen LogP contribution in [0, 0.1) is 0 Å². The summed E-state index contributed by atoms with van der Waals surface area (Å²) in [5, 5.41) is 2.87. The van der Waals surface area contributed by atoms with Gasteiger partial charge in [0, 0.05) is 19.0 Å². The van der Waals surface area contributed by atoms with E-state index in [9.17, 15) is 4.79 Å². The molecule has 3 N–H and O–H groups in total. The molecule has 0 fully saturated rings. The van der Waals surface area contributed by atoms with E-state index in [0.717, 1.165) is 17.1 Å². The molecule has 5 nitrogen and oxygen atoms in total. The molecule has 26 heavy (non-hydrogen) atoms. The molecular weight excluding hydrogens is 352 g/mol. The molecule has 0 saturated carbocycles. The third-order valence-corrected chi connectivity index (χ3v) is 3.70. The number of nitrogens with one attached hydrogen (secondary N) is 1. The summed E-state index contributed by atoms with van der Waals surface area (Å²) in [5.41, 5.74) is 7.07. The summed E-state index contributed by atoms with van der Waals surface area (Å²) in [6.45, 7) is 3.51. The maximum absolute atomic E-state index is 11.9. The second kappa shape index (κ2) is 12.2. The van der Waals surface area contributed by atoms with Crippen LogP contribution in [-0.2, 0) is 4.79 Å². The van der Waals surface area contributed by atoms with Crippen LogP contribution >= 0.6 is 12.4 Å². The summed E-state index contributed by atoms with van der Waals surface area (Å²) in [4.78, 5) is 11.9. The highest BCUT2D eigenvalue weighted by Gasteiger charge is 2.07. The van der Waals surface area contributed by atoms with Gasteiger partial charge in [0.05, 0.1) is 13.2 Å². The Bertz CT molecular complexity index is 635. The number of amides is 1. The Hall–Kier alpha value is -2.24. The van der Waals surface area contributed by atoms with Gasteiger partial charge in [-0.3, -0.25) is 4.79 Å². The summed E-state index contributed by atoms with van der Waals surface area (Å²) in [6.07, 6.45) is 1.07. The van der Waals surface area contributed by atoms with Crippen LogP contribution in [0.4, 0.5) is 0 Å². The lowest BCUT2D eigenvalue weighted by Gasteiger charge is -2.13. The van der Waals surface area contributed by atoms with Gasteiger partial charge in [-0.1, -0.05) is 30.3 Å². The second-order valence-electron chi connectivity index (χ2n) is 5.68. The molecule has 1 amide bonds. The number of rotatable bonds is 10. The van der Waals surface area contributed by atoms with Gasteiger partial charge >= 0.3 is 0 Å². The van der Waals surface area contributed by atoms with Crippen LogP contribution in [0.1, 0.15) is 31.4 Å². The first-order chi connectivity index (χ1) is 12.2. The molecule has 0 aliphatic carbocycles. The van der Waals surface area contributed by atoms with Crippen molar-refractivity contribution in [3.8, 4) is 11.5 Å². The molecule has 0 radical (unpaired) electrons. The minimum absolute atomic E-state index is 0. The Morgan fingerprint density at radius 3 is 2.27 bits per heavy atom. The molecule has 2 aromatic rings. The average Bonchev–Trinajstić information content (AvgIpc) is 2.65. The third kappa shape index (κ3) is 7.76. The van der Waals surface area contributed by atoms with Crippen molar-refractivity contribution >= 4 is 18.3 Å². The normalized spacial score (nSPS) is 11.2. The Labute approximate surface area is 161 Å². The van der Waals surface area contributed by atoms with E-state index in [-0.39, 0.29) is 24.4 Å². The van der Waals surface area contributed by atoms with Gasteiger partial charge in [0.25, 0.3) is 0 Å². The highest BCUT2D eigenvalue weighted by atomic mass is 35.5. The molecule has 0 heterocycles. The fourth-order valence-corrected chi connectivity index (χ4v) is 2.35. The Balaban J connectivity index is 0.00000338. The van der Waals surface area contributed by atoms with Gasteiger partial charge in [0.15, 0.2) is 0 Å². The van der Waals surface area contributed by atoms with Crippen LogP contribution < -0.4 is 20.5 Å². The van der Waals surface area contributed by atoms with Crippen molar-refractivity contribution in [2.45, 2.75) is 25.8 Å². The van der Waals surface area contributed by atoms with Crippen molar-refractivity contribution in [2.24, 2.45) is 5.73 Å². The maximum Gasteiger partial charge on any atom is 0.220 e. The van der Waals surface area contributed by atoms with Crippen LogP contribution in [0.5, 0.6) is 11.5 Å². The van der Waals surface area contributed by atoms with Crippen LogP contribution in [0.2, 0.25) is 0 Å². The van der Waals surface area contributed by atoms with E-state index in [1.165, 1.54) is 0 Å². The summed E-state index contributed by atoms with van der Waals surface area (Å²) in [7, 11) is 0. The minimum atomic E-state index is -0.190. The van der Waals surface area contributed by atoms with Crippen molar-refractivity contribution in [1.29, 1.82) is 0 Å². The Morgan fingerprint density at radius 1 is 1.04 bits per heavy atom. The quantitative estimate of drug-likeness (QED) is 0.621. The van der Waals surface area contributed by atoms with E-state index in [0.29, 0.717) is 32.6 Å². The molecule has 0 saturated heterocycles. The van der Waals surface area contributed by atoms with E-state index in [1.807, 2.05) is 61.5 Å². The lowest BCUT2D eigenvalue weighted by Crippen LogP contribution is -2.31. The minimum Gasteiger partial charge on any atom is -0.494 e. The lowest BCUT2D eigenvalue weighted by atomic mass is 10.1. The number of benzene rings is 2.